The van der Waals surface area contributed by atoms with Crippen LogP contribution in [-0.4, -0.2) is 45.9 Å². The van der Waals surface area contributed by atoms with E-state index < -0.39 is 6.04 Å². The molecule has 0 aliphatic rings. The number of hydrogen-bond acceptors (Lipinski definition) is 6. The summed E-state index contributed by atoms with van der Waals surface area (Å²) in [5.41, 5.74) is 3.76. The minimum atomic E-state index is -1.01. The van der Waals surface area contributed by atoms with Gasteiger partial charge in [-0.3, -0.25) is 9.59 Å². The molecule has 0 saturated heterocycles. The Labute approximate surface area is 238 Å². The number of nitrogens with zero attached hydrogens (tertiary/aromatic N) is 4. The lowest BCUT2D eigenvalue weighted by Gasteiger charge is -2.32. The van der Waals surface area contributed by atoms with Crippen molar-refractivity contribution in [1.82, 2.24) is 25.2 Å². The van der Waals surface area contributed by atoms with Gasteiger partial charge in [-0.1, -0.05) is 78.0 Å². The molecule has 4 aromatic carbocycles. The van der Waals surface area contributed by atoms with E-state index in [2.05, 4.69) is 15.6 Å². The quantitative estimate of drug-likeness (QED) is 0.260. The molecule has 0 aliphatic heterocycles. The topological polar surface area (TPSA) is 98.6 Å². The van der Waals surface area contributed by atoms with Gasteiger partial charge in [-0.2, -0.15) is 0 Å². The van der Waals surface area contributed by atoms with Gasteiger partial charge in [0.1, 0.15) is 29.6 Å². The molecule has 41 heavy (non-hydrogen) atoms. The van der Waals surface area contributed by atoms with Crippen LogP contribution in [0.5, 0.6) is 11.5 Å². The number of fused-ring (bicyclic) bond motifs is 1. The van der Waals surface area contributed by atoms with Crippen molar-refractivity contribution in [3.63, 3.8) is 0 Å². The molecule has 0 bridgehead atoms. The standard InChI is InChI=1S/C32H31N5O4/c1-40-25-17-18-26(29(19-25)41-2)31(32(39)33-20-23-11-5-3-6-12-23)36(21-24-13-7-4-8-14-24)30(38)22-37-28-16-10-9-15-27(28)34-35-37/h3-19,31H,20-22H2,1-2H3,(H,33,39)/t31-/m1/s1. The third-order valence-electron chi connectivity index (χ3n) is 6.83. The minimum absolute atomic E-state index is 0.103. The highest BCUT2D eigenvalue weighted by atomic mass is 16.5. The third kappa shape index (κ3) is 6.36. The lowest BCUT2D eigenvalue weighted by Crippen LogP contribution is -2.44. The van der Waals surface area contributed by atoms with Crippen molar-refractivity contribution >= 4 is 22.8 Å². The number of carbonyl (C=O) groups excluding carboxylic acids is 2. The first-order valence-corrected chi connectivity index (χ1v) is 13.2. The number of carbonyl (C=O) groups is 2. The number of para-hydroxylation sites is 1. The van der Waals surface area contributed by atoms with Crippen LogP contribution in [0.25, 0.3) is 11.0 Å². The smallest absolute Gasteiger partial charge is 0.247 e. The lowest BCUT2D eigenvalue weighted by molar-refractivity contribution is -0.142. The zero-order chi connectivity index (χ0) is 28.6. The Morgan fingerprint density at radius 2 is 1.54 bits per heavy atom. The van der Waals surface area contributed by atoms with E-state index in [1.54, 1.807) is 34.9 Å². The maximum absolute atomic E-state index is 14.2. The first-order chi connectivity index (χ1) is 20.1. The van der Waals surface area contributed by atoms with Crippen LogP contribution in [0.2, 0.25) is 0 Å². The van der Waals surface area contributed by atoms with Crippen molar-refractivity contribution in [3.8, 4) is 11.5 Å². The minimum Gasteiger partial charge on any atom is -0.497 e. The van der Waals surface area contributed by atoms with Crippen LogP contribution in [0.3, 0.4) is 0 Å². The van der Waals surface area contributed by atoms with Crippen molar-refractivity contribution in [2.24, 2.45) is 0 Å². The average molecular weight is 550 g/mol. The van der Waals surface area contributed by atoms with Gasteiger partial charge in [0.05, 0.1) is 19.7 Å². The fraction of sp³-hybridized carbons (Fsp3) is 0.188. The number of ether oxygens (including phenoxy) is 2. The highest BCUT2D eigenvalue weighted by Crippen LogP contribution is 2.34. The van der Waals surface area contributed by atoms with Crippen molar-refractivity contribution < 1.29 is 19.1 Å². The summed E-state index contributed by atoms with van der Waals surface area (Å²) in [5, 5.41) is 11.4. The summed E-state index contributed by atoms with van der Waals surface area (Å²) in [7, 11) is 3.09. The van der Waals surface area contributed by atoms with Crippen molar-refractivity contribution in [3.05, 3.63) is 120 Å². The third-order valence-corrected chi connectivity index (χ3v) is 6.83. The van der Waals surface area contributed by atoms with Gasteiger partial charge in [0.15, 0.2) is 0 Å². The summed E-state index contributed by atoms with van der Waals surface area (Å²) < 4.78 is 12.6. The van der Waals surface area contributed by atoms with Crippen LogP contribution in [-0.2, 0) is 29.2 Å². The Morgan fingerprint density at radius 1 is 0.854 bits per heavy atom. The predicted octanol–water partition coefficient (Wildman–Crippen LogP) is 4.54. The summed E-state index contributed by atoms with van der Waals surface area (Å²) in [6, 6.07) is 30.9. The van der Waals surface area contributed by atoms with Gasteiger partial charge in [0.25, 0.3) is 0 Å². The second-order valence-electron chi connectivity index (χ2n) is 9.46. The van der Waals surface area contributed by atoms with Gasteiger partial charge in [0, 0.05) is 24.7 Å². The molecule has 9 nitrogen and oxygen atoms in total. The lowest BCUT2D eigenvalue weighted by atomic mass is 10.0. The van der Waals surface area contributed by atoms with Crippen LogP contribution >= 0.6 is 0 Å². The number of aromatic nitrogens is 3. The Balaban J connectivity index is 1.56. The second-order valence-corrected chi connectivity index (χ2v) is 9.46. The highest BCUT2D eigenvalue weighted by Gasteiger charge is 2.34. The second kappa shape index (κ2) is 12.8. The first kappa shape index (κ1) is 27.4. The van der Waals surface area contributed by atoms with E-state index in [1.165, 1.54) is 7.11 Å². The predicted molar refractivity (Wildman–Crippen MR) is 155 cm³/mol. The van der Waals surface area contributed by atoms with Gasteiger partial charge in [-0.05, 0) is 35.4 Å². The van der Waals surface area contributed by atoms with Gasteiger partial charge in [-0.25, -0.2) is 4.68 Å². The molecule has 5 aromatic rings. The van der Waals surface area contributed by atoms with Crippen LogP contribution in [0.4, 0.5) is 0 Å². The highest BCUT2D eigenvalue weighted by molar-refractivity contribution is 5.90. The fourth-order valence-electron chi connectivity index (χ4n) is 4.73. The molecule has 1 heterocycles. The van der Waals surface area contributed by atoms with E-state index in [1.807, 2.05) is 84.9 Å². The molecule has 2 amide bonds. The van der Waals surface area contributed by atoms with Crippen molar-refractivity contribution in [1.29, 1.82) is 0 Å². The summed E-state index contributed by atoms with van der Waals surface area (Å²) in [6.07, 6.45) is 0. The van der Waals surface area contributed by atoms with E-state index >= 15 is 0 Å². The normalized spacial score (nSPS) is 11.6. The van der Waals surface area contributed by atoms with Gasteiger partial charge >= 0.3 is 0 Å². The molecule has 1 aromatic heterocycles. The molecule has 0 fully saturated rings. The molecule has 208 valence electrons. The van der Waals surface area contributed by atoms with E-state index in [9.17, 15) is 9.59 Å². The summed E-state index contributed by atoms with van der Waals surface area (Å²) in [5.74, 6) is 0.359. The Hall–Kier alpha value is -5.18. The number of rotatable bonds is 11. The van der Waals surface area contributed by atoms with E-state index in [4.69, 9.17) is 9.47 Å². The van der Waals surface area contributed by atoms with Crippen LogP contribution in [0.1, 0.15) is 22.7 Å². The largest absolute Gasteiger partial charge is 0.497 e. The fourth-order valence-corrected chi connectivity index (χ4v) is 4.73. The van der Waals surface area contributed by atoms with Gasteiger partial charge < -0.3 is 19.7 Å². The monoisotopic (exact) mass is 549 g/mol. The number of nitrogens with one attached hydrogen (secondary N) is 1. The van der Waals surface area contributed by atoms with Crippen LogP contribution < -0.4 is 14.8 Å². The summed E-state index contributed by atoms with van der Waals surface area (Å²) >= 11 is 0. The van der Waals surface area contributed by atoms with E-state index in [0.29, 0.717) is 29.1 Å². The van der Waals surface area contributed by atoms with E-state index in [-0.39, 0.29) is 24.9 Å². The zero-order valence-corrected chi connectivity index (χ0v) is 22.9. The molecule has 1 atom stereocenters. The van der Waals surface area contributed by atoms with E-state index in [0.717, 1.165) is 16.6 Å². The summed E-state index contributed by atoms with van der Waals surface area (Å²) in [6.45, 7) is 0.384. The Kier molecular flexibility index (Phi) is 8.54. The van der Waals surface area contributed by atoms with Crippen molar-refractivity contribution in [2.75, 3.05) is 14.2 Å². The molecule has 0 aliphatic carbocycles. The molecule has 0 radical (unpaired) electrons. The van der Waals surface area contributed by atoms with Gasteiger partial charge in [0.2, 0.25) is 11.8 Å². The number of benzene rings is 4. The average Bonchev–Trinajstić information content (AvgIpc) is 3.43. The molecule has 0 unspecified atom stereocenters. The number of amides is 2. The molecule has 5 rings (SSSR count). The molecule has 0 saturated carbocycles. The number of hydrogen-bond donors (Lipinski definition) is 1. The Bertz CT molecular complexity index is 1620. The molecule has 1 N–H and O–H groups in total. The molecular weight excluding hydrogens is 518 g/mol. The Morgan fingerprint density at radius 3 is 2.24 bits per heavy atom. The SMILES string of the molecule is COc1ccc([C@H](C(=O)NCc2ccccc2)N(Cc2ccccc2)C(=O)Cn2nnc3ccccc32)c(OC)c1. The van der Waals surface area contributed by atoms with Gasteiger partial charge in [-0.15, -0.1) is 5.10 Å². The number of methoxy groups -OCH3 is 2. The van der Waals surface area contributed by atoms with Crippen LogP contribution in [0.15, 0.2) is 103 Å². The molecule has 0 spiro atoms. The summed E-state index contributed by atoms with van der Waals surface area (Å²) in [4.78, 5) is 29.8. The zero-order valence-electron chi connectivity index (χ0n) is 22.9. The van der Waals surface area contributed by atoms with Crippen LogP contribution in [0, 0.1) is 0 Å². The maximum Gasteiger partial charge on any atom is 0.247 e. The first-order valence-electron chi connectivity index (χ1n) is 13.2. The molecular formula is C32H31N5O4. The molecule has 9 heteroatoms. The maximum atomic E-state index is 14.2. The van der Waals surface area contributed by atoms with Crippen molar-refractivity contribution in [2.45, 2.75) is 25.7 Å².